The van der Waals surface area contributed by atoms with E-state index < -0.39 is 0 Å². The van der Waals surface area contributed by atoms with Crippen molar-refractivity contribution in [2.75, 3.05) is 13.2 Å². The second kappa shape index (κ2) is 7.01. The highest BCUT2D eigenvalue weighted by atomic mass is 35.5. The number of carbonyl (C=O) groups is 1. The van der Waals surface area contributed by atoms with Crippen molar-refractivity contribution in [1.82, 2.24) is 0 Å². The van der Waals surface area contributed by atoms with Crippen LogP contribution in [0.2, 0.25) is 0 Å². The monoisotopic (exact) mass is 355 g/mol. The first-order chi connectivity index (χ1) is 11.7. The molecule has 25 heavy (non-hydrogen) atoms. The molecule has 0 aromatic heterocycles. The topological polar surface area (TPSA) is 29.3 Å². The molecule has 4 heteroatoms. The highest BCUT2D eigenvalue weighted by Crippen LogP contribution is 2.49. The van der Waals surface area contributed by atoms with Crippen LogP contribution in [0.4, 0.5) is 0 Å². The van der Waals surface area contributed by atoms with Gasteiger partial charge < -0.3 is 17.1 Å². The van der Waals surface area contributed by atoms with Crippen LogP contribution >= 0.6 is 0 Å². The highest BCUT2D eigenvalue weighted by molar-refractivity contribution is 5.80. The Morgan fingerprint density at radius 2 is 1.88 bits per heavy atom. The fourth-order valence-electron chi connectivity index (χ4n) is 4.32. The fraction of sp³-hybridized carbons (Fsp3) is 0.333. The SMILES string of the molecule is CCOC(=O)C[N+]1=CC2(c3ccccc3)CCC1c1ccccc12.[Cl-]. The minimum atomic E-state index is -0.151. The van der Waals surface area contributed by atoms with Gasteiger partial charge in [-0.3, -0.25) is 0 Å². The highest BCUT2D eigenvalue weighted by Gasteiger charge is 2.50. The van der Waals surface area contributed by atoms with Gasteiger partial charge in [-0.25, -0.2) is 9.37 Å². The summed E-state index contributed by atoms with van der Waals surface area (Å²) in [5.74, 6) is -0.151. The number of nitrogens with zero attached hydrogens (tertiary/aromatic N) is 1. The maximum Gasteiger partial charge on any atom is 0.372 e. The van der Waals surface area contributed by atoms with E-state index in [4.69, 9.17) is 4.74 Å². The van der Waals surface area contributed by atoms with Gasteiger partial charge in [0.2, 0.25) is 6.54 Å². The predicted molar refractivity (Wildman–Crippen MR) is 93.5 cm³/mol. The number of carbonyl (C=O) groups excluding carboxylic acids is 1. The Kier molecular flexibility index (Phi) is 4.96. The van der Waals surface area contributed by atoms with Crippen molar-refractivity contribution in [2.24, 2.45) is 0 Å². The van der Waals surface area contributed by atoms with Crippen molar-refractivity contribution < 1.29 is 26.5 Å². The standard InChI is InChI=1S/C21H22NO2.ClH/c1-2-24-20(23)14-22-15-21(16-8-4-3-5-9-16)13-12-19(22)17-10-6-7-11-18(17)21;/h3-11,15,19H,2,12-14H2,1H3;1H/q+1;/p-1. The molecule has 0 saturated heterocycles. The van der Waals surface area contributed by atoms with Crippen molar-refractivity contribution in [3.63, 3.8) is 0 Å². The van der Waals surface area contributed by atoms with Gasteiger partial charge in [-0.15, -0.1) is 0 Å². The van der Waals surface area contributed by atoms with Crippen LogP contribution in [0, 0.1) is 0 Å². The zero-order valence-corrected chi connectivity index (χ0v) is 15.1. The van der Waals surface area contributed by atoms with Crippen LogP contribution < -0.4 is 12.4 Å². The smallest absolute Gasteiger partial charge is 0.372 e. The number of hydrogen-bond acceptors (Lipinski definition) is 2. The van der Waals surface area contributed by atoms with E-state index in [-0.39, 0.29) is 29.8 Å². The lowest BCUT2D eigenvalue weighted by Crippen LogP contribution is -3.00. The molecule has 130 valence electrons. The third-order valence-corrected chi connectivity index (χ3v) is 5.30. The number of fused-ring (bicyclic) bond motifs is 1. The molecule has 3 aliphatic rings. The number of benzene rings is 2. The third-order valence-electron chi connectivity index (χ3n) is 5.30. The van der Waals surface area contributed by atoms with Gasteiger partial charge in [-0.2, -0.15) is 0 Å². The summed E-state index contributed by atoms with van der Waals surface area (Å²) in [5, 5.41) is 0. The van der Waals surface area contributed by atoms with Gasteiger partial charge in [0.05, 0.1) is 12.0 Å². The maximum atomic E-state index is 12.1. The quantitative estimate of drug-likeness (QED) is 0.589. The Balaban J connectivity index is 0.00000182. The van der Waals surface area contributed by atoms with E-state index in [1.165, 1.54) is 16.7 Å². The first-order valence-electron chi connectivity index (χ1n) is 8.67. The van der Waals surface area contributed by atoms with E-state index in [0.717, 1.165) is 12.8 Å². The van der Waals surface area contributed by atoms with E-state index in [2.05, 4.69) is 65.4 Å². The van der Waals surface area contributed by atoms with E-state index in [1.54, 1.807) is 0 Å². The molecule has 5 rings (SSSR count). The molecular formula is C21H22ClNO2. The average molecular weight is 356 g/mol. The Hall–Kier alpha value is -2.13. The summed E-state index contributed by atoms with van der Waals surface area (Å²) in [5.41, 5.74) is 3.88. The van der Waals surface area contributed by atoms with Crippen molar-refractivity contribution in [2.45, 2.75) is 31.2 Å². The fourth-order valence-corrected chi connectivity index (χ4v) is 4.32. The van der Waals surface area contributed by atoms with Crippen LogP contribution in [-0.2, 0) is 14.9 Å². The lowest BCUT2D eigenvalue weighted by atomic mass is 9.63. The van der Waals surface area contributed by atoms with Gasteiger partial charge in [0.1, 0.15) is 0 Å². The molecule has 1 aliphatic carbocycles. The second-order valence-corrected chi connectivity index (χ2v) is 6.59. The largest absolute Gasteiger partial charge is 1.00 e. The number of rotatable bonds is 4. The Morgan fingerprint density at radius 1 is 1.16 bits per heavy atom. The van der Waals surface area contributed by atoms with Gasteiger partial charge in [0, 0.05) is 12.0 Å². The molecule has 0 N–H and O–H groups in total. The molecule has 2 atom stereocenters. The molecule has 2 heterocycles. The summed E-state index contributed by atoms with van der Waals surface area (Å²) >= 11 is 0. The van der Waals surface area contributed by atoms with Crippen molar-refractivity contribution in [3.8, 4) is 0 Å². The summed E-state index contributed by atoms with van der Waals surface area (Å²) in [6.45, 7) is 2.60. The van der Waals surface area contributed by atoms with Gasteiger partial charge >= 0.3 is 5.97 Å². The van der Waals surface area contributed by atoms with Crippen LogP contribution in [0.15, 0.2) is 54.6 Å². The van der Waals surface area contributed by atoms with Crippen LogP contribution in [-0.4, -0.2) is 29.9 Å². The minimum absolute atomic E-state index is 0. The number of ether oxygens (including phenoxy) is 1. The number of halogens is 1. The molecule has 2 aromatic rings. The van der Waals surface area contributed by atoms with Gasteiger partial charge in [-0.05, 0) is 24.5 Å². The minimum Gasteiger partial charge on any atom is -1.00 e. The van der Waals surface area contributed by atoms with Crippen molar-refractivity contribution in [3.05, 3.63) is 71.3 Å². The maximum absolute atomic E-state index is 12.1. The molecule has 2 bridgehead atoms. The molecule has 0 fully saturated rings. The molecule has 2 unspecified atom stereocenters. The molecule has 2 aromatic carbocycles. The number of hydrogen-bond donors (Lipinski definition) is 0. The van der Waals surface area contributed by atoms with E-state index in [0.29, 0.717) is 13.2 Å². The van der Waals surface area contributed by atoms with E-state index in [1.807, 2.05) is 6.92 Å². The molecule has 3 nitrogen and oxygen atoms in total. The Morgan fingerprint density at radius 3 is 2.64 bits per heavy atom. The van der Waals surface area contributed by atoms with Crippen LogP contribution in [0.5, 0.6) is 0 Å². The molecular weight excluding hydrogens is 334 g/mol. The normalized spacial score (nSPS) is 23.2. The molecule has 2 aliphatic heterocycles. The van der Waals surface area contributed by atoms with E-state index >= 15 is 0 Å². The molecule has 0 spiro atoms. The number of esters is 1. The Bertz CT molecular complexity index is 803. The van der Waals surface area contributed by atoms with Crippen LogP contribution in [0.25, 0.3) is 0 Å². The summed E-state index contributed by atoms with van der Waals surface area (Å²) in [4.78, 5) is 12.1. The molecule has 0 radical (unpaired) electrons. The summed E-state index contributed by atoms with van der Waals surface area (Å²) < 4.78 is 7.37. The molecule has 0 saturated carbocycles. The average Bonchev–Trinajstić information content (AvgIpc) is 2.63. The van der Waals surface area contributed by atoms with Crippen LogP contribution in [0.1, 0.15) is 42.5 Å². The van der Waals surface area contributed by atoms with Gasteiger partial charge in [0.15, 0.2) is 12.3 Å². The zero-order chi connectivity index (χ0) is 16.6. The summed E-state index contributed by atoms with van der Waals surface area (Å²) in [7, 11) is 0. The lowest BCUT2D eigenvalue weighted by Gasteiger charge is -2.42. The van der Waals surface area contributed by atoms with E-state index in [9.17, 15) is 4.79 Å². The second-order valence-electron chi connectivity index (χ2n) is 6.59. The zero-order valence-electron chi connectivity index (χ0n) is 14.3. The van der Waals surface area contributed by atoms with Gasteiger partial charge in [-0.1, -0.05) is 54.6 Å². The predicted octanol–water partition coefficient (Wildman–Crippen LogP) is 0.472. The van der Waals surface area contributed by atoms with Crippen molar-refractivity contribution >= 4 is 12.2 Å². The van der Waals surface area contributed by atoms with Crippen LogP contribution in [0.3, 0.4) is 0 Å². The lowest BCUT2D eigenvalue weighted by molar-refractivity contribution is -0.570. The summed E-state index contributed by atoms with van der Waals surface area (Å²) in [6.07, 6.45) is 4.41. The third kappa shape index (κ3) is 2.87. The first kappa shape index (κ1) is 17.7. The first-order valence-corrected chi connectivity index (χ1v) is 8.67. The van der Waals surface area contributed by atoms with Crippen molar-refractivity contribution in [1.29, 1.82) is 0 Å². The van der Waals surface area contributed by atoms with Gasteiger partial charge in [0.25, 0.3) is 0 Å². The Labute approximate surface area is 154 Å². The summed E-state index contributed by atoms with van der Waals surface area (Å²) in [6, 6.07) is 19.6. The molecule has 0 amide bonds.